The predicted molar refractivity (Wildman–Crippen MR) is 90.7 cm³/mol. The van der Waals surface area contributed by atoms with Gasteiger partial charge in [0.15, 0.2) is 11.5 Å². The van der Waals surface area contributed by atoms with Gasteiger partial charge in [-0.3, -0.25) is 4.79 Å². The van der Waals surface area contributed by atoms with Gasteiger partial charge < -0.3 is 19.3 Å². The fourth-order valence-electron chi connectivity index (χ4n) is 2.41. The second kappa shape index (κ2) is 6.95. The minimum absolute atomic E-state index is 0.201. The van der Waals surface area contributed by atoms with E-state index in [9.17, 15) is 4.79 Å². The Hall–Kier alpha value is -2.50. The van der Waals surface area contributed by atoms with Crippen LogP contribution >= 0.6 is 0 Å². The minimum atomic E-state index is -0.270. The molecular weight excluding hydrogens is 308 g/mol. The van der Waals surface area contributed by atoms with Gasteiger partial charge in [0.25, 0.3) is 5.91 Å². The van der Waals surface area contributed by atoms with Gasteiger partial charge in [0.1, 0.15) is 17.0 Å². The van der Waals surface area contributed by atoms with E-state index in [0.717, 1.165) is 5.56 Å². The van der Waals surface area contributed by atoms with Crippen LogP contribution in [0.1, 0.15) is 48.1 Å². The van der Waals surface area contributed by atoms with Gasteiger partial charge in [-0.1, -0.05) is 32.0 Å². The van der Waals surface area contributed by atoms with Crippen molar-refractivity contribution in [3.63, 3.8) is 0 Å². The van der Waals surface area contributed by atoms with Crippen molar-refractivity contribution in [2.45, 2.75) is 39.7 Å². The fourth-order valence-corrected chi connectivity index (χ4v) is 2.41. The fraction of sp³-hybridized carbons (Fsp3) is 0.444. The van der Waals surface area contributed by atoms with Gasteiger partial charge in [0.05, 0.1) is 14.2 Å². The van der Waals surface area contributed by atoms with Crippen molar-refractivity contribution in [3.05, 3.63) is 40.8 Å². The Balaban J connectivity index is 2.16. The Morgan fingerprint density at radius 2 is 1.88 bits per heavy atom. The number of ether oxygens (including phenoxy) is 2. The molecule has 1 heterocycles. The highest BCUT2D eigenvalue weighted by Gasteiger charge is 2.28. The van der Waals surface area contributed by atoms with Crippen LogP contribution in [0.5, 0.6) is 11.5 Å². The van der Waals surface area contributed by atoms with Crippen molar-refractivity contribution in [3.8, 4) is 11.5 Å². The molecule has 6 nitrogen and oxygen atoms in total. The first kappa shape index (κ1) is 17.8. The first-order valence-electron chi connectivity index (χ1n) is 7.73. The molecule has 2 rings (SSSR count). The number of nitrogens with zero attached hydrogens (tertiary/aromatic N) is 1. The van der Waals surface area contributed by atoms with Gasteiger partial charge in [-0.2, -0.15) is 0 Å². The van der Waals surface area contributed by atoms with Gasteiger partial charge >= 0.3 is 0 Å². The molecule has 1 amide bonds. The highest BCUT2D eigenvalue weighted by molar-refractivity contribution is 5.96. The van der Waals surface area contributed by atoms with E-state index in [0.29, 0.717) is 35.1 Å². The first-order valence-corrected chi connectivity index (χ1v) is 7.73. The van der Waals surface area contributed by atoms with Gasteiger partial charge in [-0.05, 0) is 24.6 Å². The highest BCUT2D eigenvalue weighted by atomic mass is 16.5. The molecule has 0 saturated carbocycles. The van der Waals surface area contributed by atoms with Gasteiger partial charge in [0.2, 0.25) is 0 Å². The lowest BCUT2D eigenvalue weighted by atomic mass is 9.88. The number of aromatic nitrogens is 1. The molecule has 0 radical (unpaired) electrons. The van der Waals surface area contributed by atoms with E-state index in [1.807, 2.05) is 39.0 Å². The van der Waals surface area contributed by atoms with Crippen molar-refractivity contribution in [2.24, 2.45) is 0 Å². The van der Waals surface area contributed by atoms with E-state index in [4.69, 9.17) is 14.0 Å². The standard InChI is InChI=1S/C18H24N2O4/c1-11-15(16(20-24-11)18(2,3)4)17(21)19-10-12-7-8-13(22-5)14(9-12)23-6/h7-9H,10H2,1-6H3,(H,19,21). The third-order valence-corrected chi connectivity index (χ3v) is 3.70. The lowest BCUT2D eigenvalue weighted by Gasteiger charge is -2.16. The Labute approximate surface area is 142 Å². The van der Waals surface area contributed by atoms with Crippen LogP contribution in [0.2, 0.25) is 0 Å². The van der Waals surface area contributed by atoms with Gasteiger partial charge in [0, 0.05) is 12.0 Å². The number of rotatable bonds is 5. The number of hydrogen-bond donors (Lipinski definition) is 1. The molecule has 0 atom stereocenters. The number of aryl methyl sites for hydroxylation is 1. The van der Waals surface area contributed by atoms with Crippen LogP contribution in [-0.2, 0) is 12.0 Å². The summed E-state index contributed by atoms with van der Waals surface area (Å²) in [6, 6.07) is 5.53. The zero-order valence-corrected chi connectivity index (χ0v) is 15.0. The van der Waals surface area contributed by atoms with Crippen molar-refractivity contribution in [2.75, 3.05) is 14.2 Å². The predicted octanol–water partition coefficient (Wildman–Crippen LogP) is 3.23. The van der Waals surface area contributed by atoms with Crippen LogP contribution in [0.25, 0.3) is 0 Å². The monoisotopic (exact) mass is 332 g/mol. The van der Waals surface area contributed by atoms with Gasteiger partial charge in [-0.25, -0.2) is 0 Å². The topological polar surface area (TPSA) is 73.6 Å². The molecule has 0 bridgehead atoms. The number of carbonyl (C=O) groups is 1. The molecule has 0 saturated heterocycles. The smallest absolute Gasteiger partial charge is 0.257 e. The Bertz CT molecular complexity index is 729. The molecule has 1 N–H and O–H groups in total. The molecule has 130 valence electrons. The summed E-state index contributed by atoms with van der Waals surface area (Å²) < 4.78 is 15.7. The summed E-state index contributed by atoms with van der Waals surface area (Å²) in [4.78, 5) is 12.6. The summed E-state index contributed by atoms with van der Waals surface area (Å²) in [7, 11) is 3.17. The van der Waals surface area contributed by atoms with Gasteiger partial charge in [-0.15, -0.1) is 0 Å². The van der Waals surface area contributed by atoms with Crippen molar-refractivity contribution >= 4 is 5.91 Å². The Morgan fingerprint density at radius 1 is 1.21 bits per heavy atom. The summed E-state index contributed by atoms with van der Waals surface area (Å²) >= 11 is 0. The number of carbonyl (C=O) groups excluding carboxylic acids is 1. The normalized spacial score (nSPS) is 11.2. The molecule has 24 heavy (non-hydrogen) atoms. The molecule has 0 aliphatic heterocycles. The number of hydrogen-bond acceptors (Lipinski definition) is 5. The van der Waals surface area contributed by atoms with E-state index in [1.54, 1.807) is 21.1 Å². The van der Waals surface area contributed by atoms with Crippen LogP contribution in [0.3, 0.4) is 0 Å². The second-order valence-electron chi connectivity index (χ2n) is 6.58. The summed E-state index contributed by atoms with van der Waals surface area (Å²) in [5.41, 5.74) is 1.80. The molecule has 0 unspecified atom stereocenters. The summed E-state index contributed by atoms with van der Waals surface area (Å²) in [6.45, 7) is 8.10. The molecule has 0 fully saturated rings. The maximum atomic E-state index is 12.6. The Kier molecular flexibility index (Phi) is 5.17. The lowest BCUT2D eigenvalue weighted by molar-refractivity contribution is 0.0947. The molecule has 1 aromatic carbocycles. The quantitative estimate of drug-likeness (QED) is 0.910. The van der Waals surface area contributed by atoms with Crippen LogP contribution in [0, 0.1) is 6.92 Å². The first-order chi connectivity index (χ1) is 11.3. The molecule has 2 aromatic rings. The minimum Gasteiger partial charge on any atom is -0.493 e. The van der Waals surface area contributed by atoms with E-state index in [1.165, 1.54) is 0 Å². The van der Waals surface area contributed by atoms with Crippen LogP contribution in [0.4, 0.5) is 0 Å². The zero-order chi connectivity index (χ0) is 17.9. The van der Waals surface area contributed by atoms with E-state index in [2.05, 4.69) is 10.5 Å². The Morgan fingerprint density at radius 3 is 2.46 bits per heavy atom. The van der Waals surface area contributed by atoms with Crippen molar-refractivity contribution < 1.29 is 18.8 Å². The maximum Gasteiger partial charge on any atom is 0.257 e. The third-order valence-electron chi connectivity index (χ3n) is 3.70. The molecular formula is C18H24N2O4. The summed E-state index contributed by atoms with van der Waals surface area (Å²) in [5.74, 6) is 1.59. The zero-order valence-electron chi connectivity index (χ0n) is 15.0. The van der Waals surface area contributed by atoms with Crippen molar-refractivity contribution in [1.82, 2.24) is 10.5 Å². The molecule has 0 aliphatic carbocycles. The molecule has 0 aliphatic rings. The second-order valence-corrected chi connectivity index (χ2v) is 6.58. The van der Waals surface area contributed by atoms with Crippen LogP contribution < -0.4 is 14.8 Å². The largest absolute Gasteiger partial charge is 0.493 e. The van der Waals surface area contributed by atoms with E-state index >= 15 is 0 Å². The maximum absolute atomic E-state index is 12.6. The lowest BCUT2D eigenvalue weighted by Crippen LogP contribution is -2.27. The summed E-state index contributed by atoms with van der Waals surface area (Å²) in [6.07, 6.45) is 0. The number of methoxy groups -OCH3 is 2. The van der Waals surface area contributed by atoms with E-state index in [-0.39, 0.29) is 11.3 Å². The molecule has 0 spiro atoms. The van der Waals surface area contributed by atoms with Crippen molar-refractivity contribution in [1.29, 1.82) is 0 Å². The average Bonchev–Trinajstić information content (AvgIpc) is 2.94. The number of amides is 1. The highest BCUT2D eigenvalue weighted by Crippen LogP contribution is 2.28. The SMILES string of the molecule is COc1ccc(CNC(=O)c2c(C(C)(C)C)noc2C)cc1OC. The van der Waals surface area contributed by atoms with Crippen LogP contribution in [-0.4, -0.2) is 25.3 Å². The third kappa shape index (κ3) is 3.69. The average molecular weight is 332 g/mol. The summed E-state index contributed by atoms with van der Waals surface area (Å²) in [5, 5.41) is 6.95. The number of nitrogens with one attached hydrogen (secondary N) is 1. The van der Waals surface area contributed by atoms with E-state index < -0.39 is 0 Å². The molecule has 1 aromatic heterocycles. The molecule has 6 heteroatoms. The van der Waals surface area contributed by atoms with Crippen LogP contribution in [0.15, 0.2) is 22.7 Å². The number of benzene rings is 1.